The Morgan fingerprint density at radius 2 is 1.69 bits per heavy atom. The lowest BCUT2D eigenvalue weighted by Crippen LogP contribution is -3.10. The van der Waals surface area contributed by atoms with Crippen LogP contribution in [0.4, 0.5) is 0 Å². The third kappa shape index (κ3) is 2.52. The second-order valence-corrected chi connectivity index (χ2v) is 3.82. The number of nitrogens with zero attached hydrogens (tertiary/aromatic N) is 1. The van der Waals surface area contributed by atoms with E-state index in [-0.39, 0.29) is 0 Å². The predicted octanol–water partition coefficient (Wildman–Crippen LogP) is -0.347. The molecule has 1 saturated heterocycles. The summed E-state index contributed by atoms with van der Waals surface area (Å²) in [7, 11) is 0. The number of pyridine rings is 1. The lowest BCUT2D eigenvalue weighted by molar-refractivity contribution is -0.908. The summed E-state index contributed by atoms with van der Waals surface area (Å²) in [5, 5.41) is 0. The highest BCUT2D eigenvalue weighted by atomic mass is 15.2. The van der Waals surface area contributed by atoms with Crippen molar-refractivity contribution in [3.63, 3.8) is 0 Å². The smallest absolute Gasteiger partial charge is 0.196 e. The van der Waals surface area contributed by atoms with Gasteiger partial charge in [-0.1, -0.05) is 6.07 Å². The average molecular weight is 178 g/mol. The third-order valence-corrected chi connectivity index (χ3v) is 2.81. The monoisotopic (exact) mass is 178 g/mol. The van der Waals surface area contributed by atoms with E-state index in [1.54, 1.807) is 4.90 Å². The summed E-state index contributed by atoms with van der Waals surface area (Å²) < 4.78 is 2.27. The van der Waals surface area contributed by atoms with Gasteiger partial charge >= 0.3 is 0 Å². The van der Waals surface area contributed by atoms with Gasteiger partial charge in [0.15, 0.2) is 18.9 Å². The van der Waals surface area contributed by atoms with Crippen molar-refractivity contribution in [2.24, 2.45) is 0 Å². The van der Waals surface area contributed by atoms with Crippen molar-refractivity contribution in [1.29, 1.82) is 0 Å². The summed E-state index contributed by atoms with van der Waals surface area (Å²) in [6, 6.07) is 6.26. The molecule has 1 aromatic rings. The first kappa shape index (κ1) is 8.70. The van der Waals surface area contributed by atoms with Crippen molar-refractivity contribution in [2.75, 3.05) is 19.6 Å². The van der Waals surface area contributed by atoms with Crippen molar-refractivity contribution >= 4 is 0 Å². The van der Waals surface area contributed by atoms with Crippen molar-refractivity contribution in [3.05, 3.63) is 30.6 Å². The molecule has 0 amide bonds. The quantitative estimate of drug-likeness (QED) is 0.606. The molecule has 1 aromatic heterocycles. The van der Waals surface area contributed by atoms with E-state index in [9.17, 15) is 0 Å². The van der Waals surface area contributed by atoms with Crippen LogP contribution >= 0.6 is 0 Å². The topological polar surface area (TPSA) is 8.32 Å². The lowest BCUT2D eigenvalue weighted by Gasteiger charge is -2.08. The van der Waals surface area contributed by atoms with E-state index in [1.807, 2.05) is 0 Å². The van der Waals surface area contributed by atoms with Crippen molar-refractivity contribution < 1.29 is 9.47 Å². The van der Waals surface area contributed by atoms with Crippen molar-refractivity contribution in [1.82, 2.24) is 0 Å². The van der Waals surface area contributed by atoms with E-state index in [1.165, 1.54) is 32.5 Å². The van der Waals surface area contributed by atoms with E-state index in [2.05, 4.69) is 35.2 Å². The molecule has 2 rings (SSSR count). The fourth-order valence-corrected chi connectivity index (χ4v) is 2.00. The predicted molar refractivity (Wildman–Crippen MR) is 51.4 cm³/mol. The highest BCUT2D eigenvalue weighted by molar-refractivity contribution is 4.83. The van der Waals surface area contributed by atoms with Gasteiger partial charge in [-0.15, -0.1) is 0 Å². The number of rotatable bonds is 3. The number of likely N-dealkylation sites (tertiary alicyclic amines) is 1. The zero-order chi connectivity index (χ0) is 8.93. The maximum Gasteiger partial charge on any atom is 0.196 e. The van der Waals surface area contributed by atoms with Gasteiger partial charge in [0.05, 0.1) is 13.1 Å². The minimum Gasteiger partial charge on any atom is -0.330 e. The molecule has 1 aliphatic rings. The van der Waals surface area contributed by atoms with Crippen LogP contribution < -0.4 is 9.47 Å². The molecule has 2 nitrogen and oxygen atoms in total. The summed E-state index contributed by atoms with van der Waals surface area (Å²) in [5.41, 5.74) is 0. The number of hydrogen-bond donors (Lipinski definition) is 1. The molecule has 0 unspecified atom stereocenters. The Labute approximate surface area is 79.8 Å². The highest BCUT2D eigenvalue weighted by Gasteiger charge is 2.16. The summed E-state index contributed by atoms with van der Waals surface area (Å²) in [5.74, 6) is 0. The highest BCUT2D eigenvalue weighted by Crippen LogP contribution is 1.86. The van der Waals surface area contributed by atoms with Gasteiger partial charge < -0.3 is 4.90 Å². The van der Waals surface area contributed by atoms with Crippen LogP contribution in [0.1, 0.15) is 12.8 Å². The van der Waals surface area contributed by atoms with Crippen molar-refractivity contribution in [2.45, 2.75) is 19.4 Å². The molecule has 0 bridgehead atoms. The first-order valence-electron chi connectivity index (χ1n) is 5.23. The van der Waals surface area contributed by atoms with Crippen LogP contribution in [0.2, 0.25) is 0 Å². The number of quaternary nitrogens is 1. The van der Waals surface area contributed by atoms with Crippen LogP contribution in [0.3, 0.4) is 0 Å². The minimum atomic E-state index is 1.16. The second-order valence-electron chi connectivity index (χ2n) is 3.82. The van der Waals surface area contributed by atoms with E-state index in [0.29, 0.717) is 0 Å². The molecule has 13 heavy (non-hydrogen) atoms. The first-order chi connectivity index (χ1) is 6.45. The van der Waals surface area contributed by atoms with Gasteiger partial charge in [0.1, 0.15) is 6.54 Å². The summed E-state index contributed by atoms with van der Waals surface area (Å²) in [4.78, 5) is 1.77. The SMILES string of the molecule is c1cc[n+](CC[NH+]2CCCC2)cc1. The van der Waals surface area contributed by atoms with Gasteiger partial charge in [-0.25, -0.2) is 0 Å². The lowest BCUT2D eigenvalue weighted by atomic mass is 10.4. The molecule has 2 heterocycles. The largest absolute Gasteiger partial charge is 0.330 e. The first-order valence-corrected chi connectivity index (χ1v) is 5.23. The van der Waals surface area contributed by atoms with Gasteiger partial charge in [-0.05, 0) is 0 Å². The van der Waals surface area contributed by atoms with Crippen LogP contribution in [0, 0.1) is 0 Å². The molecule has 1 aliphatic heterocycles. The van der Waals surface area contributed by atoms with Gasteiger partial charge in [0.25, 0.3) is 0 Å². The van der Waals surface area contributed by atoms with E-state index >= 15 is 0 Å². The summed E-state index contributed by atoms with van der Waals surface area (Å²) in [6.45, 7) is 5.21. The fourth-order valence-electron chi connectivity index (χ4n) is 2.00. The molecule has 1 N–H and O–H groups in total. The molecule has 0 saturated carbocycles. The Kier molecular flexibility index (Phi) is 2.93. The molecule has 0 aliphatic carbocycles. The van der Waals surface area contributed by atoms with E-state index in [4.69, 9.17) is 0 Å². The number of nitrogens with one attached hydrogen (secondary N) is 1. The standard InChI is InChI=1S/C11H17N2/c1-2-6-12(7-3-1)10-11-13-8-4-5-9-13/h1-3,6-7H,4-5,8-11H2/q+1/p+1. The maximum atomic E-state index is 2.27. The van der Waals surface area contributed by atoms with Crippen LogP contribution in [0.25, 0.3) is 0 Å². The maximum absolute atomic E-state index is 2.27. The fraction of sp³-hybridized carbons (Fsp3) is 0.545. The van der Waals surface area contributed by atoms with Crippen LogP contribution in [0.15, 0.2) is 30.6 Å². The van der Waals surface area contributed by atoms with Crippen LogP contribution in [0.5, 0.6) is 0 Å². The number of aromatic nitrogens is 1. The Hall–Kier alpha value is -0.890. The molecule has 70 valence electrons. The molecular weight excluding hydrogens is 160 g/mol. The summed E-state index contributed by atoms with van der Waals surface area (Å²) in [6.07, 6.45) is 7.15. The zero-order valence-corrected chi connectivity index (χ0v) is 8.08. The number of hydrogen-bond acceptors (Lipinski definition) is 0. The van der Waals surface area contributed by atoms with Crippen LogP contribution in [-0.2, 0) is 6.54 Å². The Morgan fingerprint density at radius 1 is 1.00 bits per heavy atom. The molecule has 0 aromatic carbocycles. The third-order valence-electron chi connectivity index (χ3n) is 2.81. The van der Waals surface area contributed by atoms with Crippen molar-refractivity contribution in [3.8, 4) is 0 Å². The van der Waals surface area contributed by atoms with Gasteiger partial charge in [-0.3, -0.25) is 0 Å². The second kappa shape index (κ2) is 4.38. The minimum absolute atomic E-state index is 1.16. The summed E-state index contributed by atoms with van der Waals surface area (Å²) >= 11 is 0. The van der Waals surface area contributed by atoms with Crippen LogP contribution in [-0.4, -0.2) is 19.6 Å². The molecule has 1 fully saturated rings. The van der Waals surface area contributed by atoms with E-state index < -0.39 is 0 Å². The Morgan fingerprint density at radius 3 is 2.38 bits per heavy atom. The Bertz CT molecular complexity index is 240. The molecular formula is C11H18N2+2. The average Bonchev–Trinajstić information content (AvgIpc) is 2.69. The Balaban J connectivity index is 1.79. The zero-order valence-electron chi connectivity index (χ0n) is 8.08. The van der Waals surface area contributed by atoms with Gasteiger partial charge in [0.2, 0.25) is 0 Å². The van der Waals surface area contributed by atoms with E-state index in [0.717, 1.165) is 6.54 Å². The normalized spacial score (nSPS) is 17.8. The molecule has 0 spiro atoms. The molecule has 0 atom stereocenters. The van der Waals surface area contributed by atoms with Gasteiger partial charge in [-0.2, -0.15) is 4.57 Å². The molecule has 2 heteroatoms. The molecule has 0 radical (unpaired) electrons. The van der Waals surface area contributed by atoms with Gasteiger partial charge in [0, 0.05) is 25.0 Å².